The number of ether oxygens (including phenoxy) is 6. The lowest BCUT2D eigenvalue weighted by Crippen LogP contribution is -2.25. The molecule has 2 saturated carbocycles. The van der Waals surface area contributed by atoms with Crippen molar-refractivity contribution in [2.45, 2.75) is 144 Å². The first-order chi connectivity index (χ1) is 51.9. The third-order valence-electron chi connectivity index (χ3n) is 18.8. The Morgan fingerprint density at radius 2 is 0.775 bits per heavy atom. The van der Waals surface area contributed by atoms with Crippen molar-refractivity contribution in [1.29, 1.82) is 0 Å². The third kappa shape index (κ3) is 30.5. The molecule has 13 rings (SSSR count). The van der Waals surface area contributed by atoms with E-state index in [4.69, 9.17) is 30.0 Å². The molecule has 4 unspecified atom stereocenters. The lowest BCUT2D eigenvalue weighted by molar-refractivity contribution is -0.145. The molecule has 0 aromatic heterocycles. The number of carbonyl (C=O) groups is 6. The van der Waals surface area contributed by atoms with Crippen molar-refractivity contribution < 1.29 is 69.6 Å². The van der Waals surface area contributed by atoms with Gasteiger partial charge in [-0.2, -0.15) is 9.58 Å². The number of hydrogen-bond acceptors (Lipinski definition) is 12. The Hall–Kier alpha value is -11.4. The van der Waals surface area contributed by atoms with Crippen molar-refractivity contribution in [1.82, 2.24) is 0 Å². The highest BCUT2D eigenvalue weighted by Gasteiger charge is 2.70. The van der Waals surface area contributed by atoms with Gasteiger partial charge in [-0.05, 0) is 128 Å². The van der Waals surface area contributed by atoms with E-state index >= 15 is 0 Å². The summed E-state index contributed by atoms with van der Waals surface area (Å²) in [6.07, 6.45) is 52.9. The van der Waals surface area contributed by atoms with Gasteiger partial charge in [-0.25, -0.2) is 9.59 Å². The monoisotopic (exact) mass is 1510 g/mol. The Kier molecular flexibility index (Phi) is 49.1. The van der Waals surface area contributed by atoms with Crippen molar-refractivity contribution in [3.8, 4) is 0 Å². The second-order valence-corrected chi connectivity index (χ2v) is 25.3. The summed E-state index contributed by atoms with van der Waals surface area (Å²) < 4.78 is 28.7. The number of fused-ring (bicyclic) bond motifs is 1. The molecule has 16 heteroatoms. The molecule has 7 atom stereocenters. The maximum absolute atomic E-state index is 12.2. The quantitative estimate of drug-likeness (QED) is 0.0233. The van der Waals surface area contributed by atoms with Crippen LogP contribution >= 0.6 is 0 Å². The average molecular weight is 1510 g/mol. The first kappa shape index (κ1) is 97.6. The molecule has 0 saturated heterocycles. The van der Waals surface area contributed by atoms with E-state index in [-0.39, 0.29) is 105 Å². The lowest BCUT2D eigenvalue weighted by atomic mass is 9.77. The van der Waals surface area contributed by atoms with Gasteiger partial charge in [0.15, 0.2) is 0 Å². The van der Waals surface area contributed by atoms with Crippen LogP contribution in [0.25, 0.3) is 11.1 Å². The van der Waals surface area contributed by atoms with Gasteiger partial charge >= 0.3 is 47.2 Å². The number of allylic oxidation sites excluding steroid dienone is 18. The zero-order valence-electron chi connectivity index (χ0n) is 61.7. The molecule has 0 N–H and O–H groups in total. The van der Waals surface area contributed by atoms with Crippen LogP contribution in [0.5, 0.6) is 0 Å². The van der Waals surface area contributed by atoms with E-state index in [1.54, 1.807) is 60.7 Å². The molecule has 0 amide bonds. The molecule has 0 radical (unpaired) electrons. The molecular weight excluding hydrogens is 1390 g/mol. The lowest BCUT2D eigenvalue weighted by Gasteiger charge is -2.28. The van der Waals surface area contributed by atoms with Gasteiger partial charge in [0.05, 0.1) is 71.5 Å². The minimum Gasteiger partial charge on any atom is -0.469 e. The van der Waals surface area contributed by atoms with E-state index in [0.717, 1.165) is 73.6 Å². The number of methoxy groups -OCH3 is 6. The SMILES string of the molecule is C.C.C.C.C.C1=CCC=CC1.C1=CCCC=C1.COC(=O)C(=[N+]=[N-])c1ccccc1.COC(=O)C(=[N+]=[N-])c1ccccc1.COC(=O)C1(c2ccccc2)C2C=CCCC21.COC(=O)[C@@H](c1ccccc1)C1C=CC=CC1.COC(=O)[C@@H](c1ccccc1)C1C=CCC=C1.COC(=O)[C@@H](c1ccccc1)C1CCCCC1.[HH].[HH]. The van der Waals surface area contributed by atoms with Gasteiger partial charge in [-0.3, -0.25) is 19.2 Å². The highest BCUT2D eigenvalue weighted by atomic mass is 16.5. The first-order valence-corrected chi connectivity index (χ1v) is 36.1. The fourth-order valence-corrected chi connectivity index (χ4v) is 13.5. The number of carbonyl (C=O) groups excluding carboxylic acids is 6. The van der Waals surface area contributed by atoms with Gasteiger partial charge in [0.1, 0.15) is 5.41 Å². The number of benzene rings is 6. The van der Waals surface area contributed by atoms with Crippen LogP contribution in [0.15, 0.2) is 291 Å². The van der Waals surface area contributed by atoms with Crippen LogP contribution in [0.4, 0.5) is 0 Å². The molecule has 7 aliphatic carbocycles. The summed E-state index contributed by atoms with van der Waals surface area (Å²) in [5.41, 5.74) is 21.8. The Bertz CT molecular complexity index is 3970. The summed E-state index contributed by atoms with van der Waals surface area (Å²) in [6.45, 7) is 0. The molecule has 0 bridgehead atoms. The fraction of sp³-hybridized carbons (Fsp3) is 0.347. The van der Waals surface area contributed by atoms with Gasteiger partial charge in [-0.15, -0.1) is 0 Å². The zero-order chi connectivity index (χ0) is 76.0. The predicted molar refractivity (Wildman–Crippen MR) is 454 cm³/mol. The minimum absolute atomic E-state index is 0. The van der Waals surface area contributed by atoms with Gasteiger partial charge in [0.2, 0.25) is 0 Å². The van der Waals surface area contributed by atoms with Crippen LogP contribution in [0.2, 0.25) is 0 Å². The van der Waals surface area contributed by atoms with E-state index in [1.165, 1.54) is 74.8 Å². The van der Waals surface area contributed by atoms with E-state index in [0.29, 0.717) is 28.9 Å². The molecule has 6 aromatic carbocycles. The van der Waals surface area contributed by atoms with E-state index in [9.17, 15) is 28.8 Å². The second-order valence-electron chi connectivity index (χ2n) is 25.3. The van der Waals surface area contributed by atoms with Gasteiger partial charge in [-0.1, -0.05) is 323 Å². The number of hydrogen-bond donors (Lipinski definition) is 0. The topological polar surface area (TPSA) is 231 Å². The molecule has 7 aliphatic rings. The second kappa shape index (κ2) is 55.9. The van der Waals surface area contributed by atoms with Gasteiger partial charge in [0.25, 0.3) is 0 Å². The molecule has 16 nitrogen and oxygen atoms in total. The summed E-state index contributed by atoms with van der Waals surface area (Å²) in [6, 6.07) is 56.9. The predicted octanol–water partition coefficient (Wildman–Crippen LogP) is 21.6. The van der Waals surface area contributed by atoms with Crippen LogP contribution in [-0.2, 0) is 62.6 Å². The summed E-state index contributed by atoms with van der Waals surface area (Å²) in [4.78, 5) is 75.9. The van der Waals surface area contributed by atoms with Crippen LogP contribution in [-0.4, -0.2) is 99.5 Å². The van der Waals surface area contributed by atoms with Crippen molar-refractivity contribution in [3.05, 3.63) is 336 Å². The first-order valence-electron chi connectivity index (χ1n) is 36.1. The van der Waals surface area contributed by atoms with Crippen LogP contribution in [0.3, 0.4) is 0 Å². The van der Waals surface area contributed by atoms with Crippen molar-refractivity contribution in [3.63, 3.8) is 0 Å². The zero-order valence-corrected chi connectivity index (χ0v) is 61.7. The Labute approximate surface area is 665 Å². The molecule has 596 valence electrons. The standard InChI is InChI=1S/C15H16O2.C15H20O2.2C15H16O2.2C9H8N2O2.2C6H8.5CH4.2H2/c1-17-14(16)15(11-7-3-2-4-8-11)12-9-5-6-10-13(12)15;3*1-17-15(16)14(12-8-4-2-5-9-12)13-10-6-3-7-11-13;2*1-13-9(12)8(11-10)7-5-3-2-4-6-7;2*1-2-4-6-5-3-1;;;;;;;/h2-5,7-9,12-13H,6,10H2,1H3;2,4-5,8-9,13-14H,3,6-7,10-11H2,1H3;2,4-11,13-14H,3H2,1H3;2-10,13-14H,11H2,1H3;2*2-6H,1H3;1-2,5-6H,3-4H2;1-4H,5-6H2;5*1H4;2*1H/t;2*14-;13?,14-;;;;;;;;;;;/m.000.........../s1. The Morgan fingerprint density at radius 1 is 0.387 bits per heavy atom. The minimum atomic E-state index is -0.659. The van der Waals surface area contributed by atoms with Crippen LogP contribution < -0.4 is 0 Å². The largest absolute Gasteiger partial charge is 0.469 e. The number of esters is 6. The normalized spacial score (nSPS) is 17.7. The maximum Gasteiger partial charge on any atom is 0.422 e. The smallest absolute Gasteiger partial charge is 0.422 e. The number of rotatable bonds is 15. The molecule has 0 aliphatic heterocycles. The molecule has 111 heavy (non-hydrogen) atoms. The van der Waals surface area contributed by atoms with Crippen LogP contribution in [0.1, 0.15) is 175 Å². The average Bonchev–Trinajstić information content (AvgIpc) is 1.52. The van der Waals surface area contributed by atoms with E-state index < -0.39 is 17.4 Å². The van der Waals surface area contributed by atoms with Crippen LogP contribution in [0, 0.1) is 29.6 Å². The fourth-order valence-electron chi connectivity index (χ4n) is 13.5. The highest BCUT2D eigenvalue weighted by molar-refractivity contribution is 6.41. The summed E-state index contributed by atoms with van der Waals surface area (Å²) in [5, 5.41) is 0. The van der Waals surface area contributed by atoms with E-state index in [1.807, 2.05) is 133 Å². The van der Waals surface area contributed by atoms with Crippen molar-refractivity contribution in [2.24, 2.45) is 29.6 Å². The molecule has 2 fully saturated rings. The summed E-state index contributed by atoms with van der Waals surface area (Å²) >= 11 is 0. The maximum atomic E-state index is 12.2. The molecule has 0 spiro atoms. The Morgan fingerprint density at radius 3 is 1.14 bits per heavy atom. The third-order valence-corrected chi connectivity index (χ3v) is 18.8. The van der Waals surface area contributed by atoms with Crippen molar-refractivity contribution >= 4 is 47.2 Å². The molecule has 6 aromatic rings. The molecular formula is C95H124N4O12. The van der Waals surface area contributed by atoms with Gasteiger partial charge < -0.3 is 39.5 Å². The highest BCUT2D eigenvalue weighted by Crippen LogP contribution is 2.64. The van der Waals surface area contributed by atoms with Gasteiger partial charge in [0, 0.05) is 14.7 Å². The van der Waals surface area contributed by atoms with Crippen molar-refractivity contribution in [2.75, 3.05) is 42.7 Å². The Balaban J connectivity index is 0. The number of nitrogens with zero attached hydrogens (tertiary/aromatic N) is 4. The summed E-state index contributed by atoms with van der Waals surface area (Å²) in [7, 11) is 8.32. The summed E-state index contributed by atoms with van der Waals surface area (Å²) in [5.74, 6) is -0.826. The van der Waals surface area contributed by atoms with E-state index in [2.05, 4.69) is 116 Å². The molecule has 0 heterocycles.